The predicted octanol–water partition coefficient (Wildman–Crippen LogP) is 4.80. The number of benzene rings is 2. The number of amides is 1. The monoisotopic (exact) mass is 483 g/mol. The molecule has 0 fully saturated rings. The Balaban J connectivity index is 2.30. The Morgan fingerprint density at radius 2 is 1.66 bits per heavy atom. The summed E-state index contributed by atoms with van der Waals surface area (Å²) in [4.78, 5) is 39.0. The van der Waals surface area contributed by atoms with Gasteiger partial charge in [0.05, 0.1) is 31.5 Å². The molecule has 7 heteroatoms. The Bertz CT molecular complexity index is 1020. The third kappa shape index (κ3) is 7.15. The second-order valence-corrected chi connectivity index (χ2v) is 8.95. The predicted molar refractivity (Wildman–Crippen MR) is 137 cm³/mol. The molecule has 2 aromatic carbocycles. The zero-order valence-electron chi connectivity index (χ0n) is 21.8. The lowest BCUT2D eigenvalue weighted by Crippen LogP contribution is -2.62. The average Bonchev–Trinajstić information content (AvgIpc) is 2.86. The van der Waals surface area contributed by atoms with Crippen LogP contribution in [-0.2, 0) is 25.7 Å². The molecule has 0 aromatic heterocycles. The Labute approximate surface area is 209 Å². The van der Waals surface area contributed by atoms with Gasteiger partial charge in [-0.15, -0.1) is 0 Å². The van der Waals surface area contributed by atoms with E-state index < -0.39 is 12.0 Å². The average molecular weight is 484 g/mol. The largest absolute Gasteiger partial charge is 0.465 e. The SMILES string of the molecule is CCCC(C(=O)Nc1c(C)cc(C)cc1C(=O)OC)[N+](CC)(CC)CC(=O)OCc1ccccc1. The van der Waals surface area contributed by atoms with Gasteiger partial charge in [0.25, 0.3) is 5.91 Å². The normalized spacial score (nSPS) is 12.1. The van der Waals surface area contributed by atoms with E-state index in [-0.39, 0.29) is 29.5 Å². The molecule has 1 atom stereocenters. The first kappa shape index (κ1) is 28.1. The van der Waals surface area contributed by atoms with Crippen LogP contribution in [0.1, 0.15) is 60.7 Å². The molecular formula is C28H39N2O5+. The van der Waals surface area contributed by atoms with Crippen LogP contribution in [-0.4, -0.2) is 55.1 Å². The van der Waals surface area contributed by atoms with Crippen molar-refractivity contribution in [1.82, 2.24) is 0 Å². The van der Waals surface area contributed by atoms with Gasteiger partial charge in [-0.3, -0.25) is 4.79 Å². The maximum Gasteiger partial charge on any atom is 0.362 e. The molecule has 1 unspecified atom stereocenters. The smallest absolute Gasteiger partial charge is 0.362 e. The van der Waals surface area contributed by atoms with Gasteiger partial charge < -0.3 is 19.3 Å². The van der Waals surface area contributed by atoms with Crippen LogP contribution in [0, 0.1) is 13.8 Å². The minimum Gasteiger partial charge on any atom is -0.465 e. The number of carbonyl (C=O) groups is 3. The third-order valence-electron chi connectivity index (χ3n) is 6.61. The highest BCUT2D eigenvalue weighted by Crippen LogP contribution is 2.26. The van der Waals surface area contributed by atoms with Gasteiger partial charge in [0, 0.05) is 6.42 Å². The number of ether oxygens (including phenoxy) is 2. The number of carbonyl (C=O) groups excluding carboxylic acids is 3. The first-order valence-electron chi connectivity index (χ1n) is 12.3. The standard InChI is InChI=1S/C28H38N2O5/c1-7-13-24(27(32)29-26-21(5)16-20(4)17-23(26)28(33)34-6)30(8-2,9-3)18-25(31)35-19-22-14-11-10-12-15-22/h10-12,14-17,24H,7-9,13,18-19H2,1-6H3/p+1. The van der Waals surface area contributed by atoms with Crippen molar-refractivity contribution < 1.29 is 28.3 Å². The summed E-state index contributed by atoms with van der Waals surface area (Å²) in [6.45, 7) is 11.2. The molecule has 0 spiro atoms. The molecule has 7 nitrogen and oxygen atoms in total. The molecule has 2 rings (SSSR count). The summed E-state index contributed by atoms with van der Waals surface area (Å²) < 4.78 is 10.8. The fourth-order valence-electron chi connectivity index (χ4n) is 4.58. The van der Waals surface area contributed by atoms with Gasteiger partial charge in [0.2, 0.25) is 0 Å². The van der Waals surface area contributed by atoms with E-state index in [2.05, 4.69) is 5.32 Å². The van der Waals surface area contributed by atoms with Crippen molar-refractivity contribution in [2.24, 2.45) is 0 Å². The molecule has 0 aliphatic heterocycles. The topological polar surface area (TPSA) is 81.7 Å². The summed E-state index contributed by atoms with van der Waals surface area (Å²) in [6, 6.07) is 12.7. The Hall–Kier alpha value is -3.19. The number of esters is 2. The summed E-state index contributed by atoms with van der Waals surface area (Å²) in [6.07, 6.45) is 1.37. The second kappa shape index (κ2) is 13.0. The van der Waals surface area contributed by atoms with Crippen LogP contribution in [0.4, 0.5) is 5.69 Å². The van der Waals surface area contributed by atoms with E-state index in [1.165, 1.54) is 7.11 Å². The molecule has 35 heavy (non-hydrogen) atoms. The van der Waals surface area contributed by atoms with Crippen LogP contribution >= 0.6 is 0 Å². The maximum absolute atomic E-state index is 13.7. The lowest BCUT2D eigenvalue weighted by Gasteiger charge is -2.42. The van der Waals surface area contributed by atoms with E-state index >= 15 is 0 Å². The first-order valence-corrected chi connectivity index (χ1v) is 12.3. The van der Waals surface area contributed by atoms with E-state index in [9.17, 15) is 14.4 Å². The van der Waals surface area contributed by atoms with Crippen LogP contribution < -0.4 is 5.32 Å². The van der Waals surface area contributed by atoms with Crippen molar-refractivity contribution in [3.05, 3.63) is 64.7 Å². The molecule has 0 saturated heterocycles. The van der Waals surface area contributed by atoms with Crippen LogP contribution in [0.3, 0.4) is 0 Å². The molecule has 2 aromatic rings. The number of nitrogens with zero attached hydrogens (tertiary/aromatic N) is 1. The van der Waals surface area contributed by atoms with Gasteiger partial charge in [-0.25, -0.2) is 9.59 Å². The Morgan fingerprint density at radius 3 is 2.23 bits per heavy atom. The van der Waals surface area contributed by atoms with E-state index in [0.29, 0.717) is 30.8 Å². The molecule has 190 valence electrons. The Morgan fingerprint density at radius 1 is 1.00 bits per heavy atom. The van der Waals surface area contributed by atoms with Crippen molar-refractivity contribution in [1.29, 1.82) is 0 Å². The van der Waals surface area contributed by atoms with Crippen molar-refractivity contribution in [3.63, 3.8) is 0 Å². The van der Waals surface area contributed by atoms with E-state index in [1.54, 1.807) is 6.07 Å². The maximum atomic E-state index is 13.7. The summed E-state index contributed by atoms with van der Waals surface area (Å²) in [5.41, 5.74) is 3.37. The summed E-state index contributed by atoms with van der Waals surface area (Å²) in [7, 11) is 1.32. The van der Waals surface area contributed by atoms with Gasteiger partial charge in [-0.1, -0.05) is 43.3 Å². The van der Waals surface area contributed by atoms with Crippen molar-refractivity contribution in [3.8, 4) is 0 Å². The molecule has 1 amide bonds. The van der Waals surface area contributed by atoms with Crippen molar-refractivity contribution in [2.75, 3.05) is 32.1 Å². The third-order valence-corrected chi connectivity index (χ3v) is 6.61. The number of quaternary nitrogens is 1. The van der Waals surface area contributed by atoms with Gasteiger partial charge in [0.1, 0.15) is 6.61 Å². The number of aryl methyl sites for hydroxylation is 2. The lowest BCUT2D eigenvalue weighted by molar-refractivity contribution is -0.933. The highest BCUT2D eigenvalue weighted by molar-refractivity contribution is 6.03. The number of nitrogens with one attached hydrogen (secondary N) is 1. The zero-order chi connectivity index (χ0) is 26.0. The minimum absolute atomic E-state index is 0.0919. The molecule has 0 radical (unpaired) electrons. The zero-order valence-corrected chi connectivity index (χ0v) is 21.8. The molecule has 0 heterocycles. The molecule has 0 aliphatic rings. The summed E-state index contributed by atoms with van der Waals surface area (Å²) in [5, 5.41) is 3.00. The van der Waals surface area contributed by atoms with Gasteiger partial charge >= 0.3 is 11.9 Å². The molecule has 1 N–H and O–H groups in total. The fraction of sp³-hybridized carbons (Fsp3) is 0.464. The number of likely N-dealkylation sites (N-methyl/N-ethyl adjacent to an activating group) is 1. The van der Waals surface area contributed by atoms with Gasteiger partial charge in [-0.2, -0.15) is 0 Å². The molecule has 0 aliphatic carbocycles. The highest BCUT2D eigenvalue weighted by Gasteiger charge is 2.41. The van der Waals surface area contributed by atoms with E-state index in [0.717, 1.165) is 23.1 Å². The van der Waals surface area contributed by atoms with Crippen molar-refractivity contribution >= 4 is 23.5 Å². The van der Waals surface area contributed by atoms with Crippen LogP contribution in [0.25, 0.3) is 0 Å². The van der Waals surface area contributed by atoms with Crippen molar-refractivity contribution in [2.45, 2.75) is 60.1 Å². The molecule has 0 saturated carbocycles. The quantitative estimate of drug-likeness (QED) is 0.347. The van der Waals surface area contributed by atoms with E-state index in [1.807, 2.05) is 71.0 Å². The van der Waals surface area contributed by atoms with Crippen LogP contribution in [0.5, 0.6) is 0 Å². The van der Waals surface area contributed by atoms with Gasteiger partial charge in [-0.05, 0) is 56.9 Å². The number of hydrogen-bond acceptors (Lipinski definition) is 5. The molecular weight excluding hydrogens is 444 g/mol. The number of hydrogen-bond donors (Lipinski definition) is 1. The van der Waals surface area contributed by atoms with Crippen LogP contribution in [0.15, 0.2) is 42.5 Å². The van der Waals surface area contributed by atoms with Crippen LogP contribution in [0.2, 0.25) is 0 Å². The Kier molecular flexibility index (Phi) is 10.5. The lowest BCUT2D eigenvalue weighted by atomic mass is 10.0. The summed E-state index contributed by atoms with van der Waals surface area (Å²) >= 11 is 0. The fourth-order valence-corrected chi connectivity index (χ4v) is 4.58. The van der Waals surface area contributed by atoms with Gasteiger partial charge in [0.15, 0.2) is 12.6 Å². The molecule has 0 bridgehead atoms. The number of rotatable bonds is 12. The highest BCUT2D eigenvalue weighted by atomic mass is 16.5. The second-order valence-electron chi connectivity index (χ2n) is 8.95. The number of methoxy groups -OCH3 is 1. The number of anilines is 1. The minimum atomic E-state index is -0.504. The first-order chi connectivity index (χ1) is 16.7. The van der Waals surface area contributed by atoms with E-state index in [4.69, 9.17) is 9.47 Å². The summed E-state index contributed by atoms with van der Waals surface area (Å²) in [5.74, 6) is -1.06.